The van der Waals surface area contributed by atoms with Crippen molar-refractivity contribution in [1.82, 2.24) is 9.97 Å². The Kier molecular flexibility index (Phi) is 3.68. The Bertz CT molecular complexity index is 426. The lowest BCUT2D eigenvalue weighted by Gasteiger charge is -2.19. The molecule has 2 heterocycles. The molecule has 2 rings (SSSR count). The number of fused-ring (bicyclic) bond motifs is 1. The van der Waals surface area contributed by atoms with Crippen LogP contribution in [0.3, 0.4) is 0 Å². The van der Waals surface area contributed by atoms with Gasteiger partial charge >= 0.3 is 0 Å². The smallest absolute Gasteiger partial charge is 0.137 e. The van der Waals surface area contributed by atoms with Gasteiger partial charge in [0.25, 0.3) is 0 Å². The van der Waals surface area contributed by atoms with E-state index in [0.717, 1.165) is 36.5 Å². The molecule has 0 spiro atoms. The third-order valence-electron chi connectivity index (χ3n) is 2.83. The molecule has 1 N–H and O–H groups in total. The molecule has 0 fully saturated rings. The lowest BCUT2D eigenvalue weighted by Crippen LogP contribution is -2.17. The second kappa shape index (κ2) is 5.03. The maximum atomic E-state index is 5.37. The summed E-state index contributed by atoms with van der Waals surface area (Å²) in [6.07, 6.45) is 1.74. The Morgan fingerprint density at radius 2 is 2.44 bits per heavy atom. The fourth-order valence-electron chi connectivity index (χ4n) is 1.90. The molecule has 4 nitrogen and oxygen atoms in total. The zero-order chi connectivity index (χ0) is 11.5. The van der Waals surface area contributed by atoms with Gasteiger partial charge in [-0.3, -0.25) is 0 Å². The van der Waals surface area contributed by atoms with Crippen molar-refractivity contribution in [1.29, 1.82) is 0 Å². The quantitative estimate of drug-likeness (QED) is 0.824. The third kappa shape index (κ3) is 2.16. The number of nitrogens with zero attached hydrogens (tertiary/aromatic N) is 1. The van der Waals surface area contributed by atoms with Crippen LogP contribution in [0.5, 0.6) is 0 Å². The second-order valence-electron chi connectivity index (χ2n) is 3.82. The summed E-state index contributed by atoms with van der Waals surface area (Å²) in [6, 6.07) is 0. The van der Waals surface area contributed by atoms with E-state index < -0.39 is 0 Å². The van der Waals surface area contributed by atoms with E-state index in [1.165, 1.54) is 0 Å². The van der Waals surface area contributed by atoms with Crippen molar-refractivity contribution in [2.45, 2.75) is 32.5 Å². The van der Waals surface area contributed by atoms with Gasteiger partial charge in [0.1, 0.15) is 16.6 Å². The van der Waals surface area contributed by atoms with Gasteiger partial charge in [0.05, 0.1) is 13.2 Å². The SMILES string of the molecule is CCC(OC)c1nc(=S)c2c([nH]1)CCOC2. The number of hydrogen-bond donors (Lipinski definition) is 1. The Balaban J connectivity index is 2.42. The highest BCUT2D eigenvalue weighted by Gasteiger charge is 2.17. The average Bonchev–Trinajstić information content (AvgIpc) is 2.31. The molecule has 0 radical (unpaired) electrons. The first-order valence-corrected chi connectivity index (χ1v) is 5.89. The molecule has 1 aromatic rings. The molecule has 0 saturated heterocycles. The maximum Gasteiger partial charge on any atom is 0.137 e. The summed E-state index contributed by atoms with van der Waals surface area (Å²) in [7, 11) is 1.69. The topological polar surface area (TPSA) is 47.1 Å². The van der Waals surface area contributed by atoms with Gasteiger partial charge in [0, 0.05) is 24.8 Å². The molecule has 0 amide bonds. The summed E-state index contributed by atoms with van der Waals surface area (Å²) in [5, 5.41) is 0. The van der Waals surface area contributed by atoms with E-state index >= 15 is 0 Å². The first-order valence-electron chi connectivity index (χ1n) is 5.48. The van der Waals surface area contributed by atoms with Crippen LogP contribution in [0.4, 0.5) is 0 Å². The normalized spacial score (nSPS) is 16.9. The summed E-state index contributed by atoms with van der Waals surface area (Å²) in [5.74, 6) is 0.829. The van der Waals surface area contributed by atoms with Crippen molar-refractivity contribution >= 4 is 12.2 Å². The summed E-state index contributed by atoms with van der Waals surface area (Å²) in [4.78, 5) is 7.71. The fourth-order valence-corrected chi connectivity index (χ4v) is 2.18. The highest BCUT2D eigenvalue weighted by Crippen LogP contribution is 2.21. The van der Waals surface area contributed by atoms with Gasteiger partial charge in [-0.25, -0.2) is 4.98 Å². The molecule has 16 heavy (non-hydrogen) atoms. The summed E-state index contributed by atoms with van der Waals surface area (Å²) in [6.45, 7) is 3.38. The molecule has 1 aliphatic rings. The van der Waals surface area contributed by atoms with E-state index in [1.54, 1.807) is 7.11 Å². The molecule has 1 aliphatic heterocycles. The molecular formula is C11H16N2O2S. The number of methoxy groups -OCH3 is 1. The monoisotopic (exact) mass is 240 g/mol. The zero-order valence-corrected chi connectivity index (χ0v) is 10.4. The largest absolute Gasteiger partial charge is 0.376 e. The number of ether oxygens (including phenoxy) is 2. The molecule has 88 valence electrons. The van der Waals surface area contributed by atoms with E-state index in [1.807, 2.05) is 0 Å². The number of aromatic nitrogens is 2. The van der Waals surface area contributed by atoms with Gasteiger partial charge in [0.15, 0.2) is 0 Å². The van der Waals surface area contributed by atoms with Crippen LogP contribution in [0.1, 0.15) is 36.5 Å². The fraction of sp³-hybridized carbons (Fsp3) is 0.636. The van der Waals surface area contributed by atoms with E-state index in [2.05, 4.69) is 16.9 Å². The molecule has 0 bridgehead atoms. The van der Waals surface area contributed by atoms with Crippen molar-refractivity contribution < 1.29 is 9.47 Å². The minimum Gasteiger partial charge on any atom is -0.376 e. The molecule has 0 aromatic carbocycles. The van der Waals surface area contributed by atoms with Gasteiger partial charge in [0.2, 0.25) is 0 Å². The van der Waals surface area contributed by atoms with E-state index in [9.17, 15) is 0 Å². The van der Waals surface area contributed by atoms with Crippen LogP contribution < -0.4 is 0 Å². The predicted octanol–water partition coefficient (Wildman–Crippen LogP) is 2.31. The van der Waals surface area contributed by atoms with Crippen molar-refractivity contribution in [3.8, 4) is 0 Å². The Hall–Kier alpha value is -0.780. The number of nitrogens with one attached hydrogen (secondary N) is 1. The van der Waals surface area contributed by atoms with Crippen LogP contribution in [0.25, 0.3) is 0 Å². The first kappa shape index (κ1) is 11.7. The number of H-pyrrole nitrogens is 1. The second-order valence-corrected chi connectivity index (χ2v) is 4.21. The van der Waals surface area contributed by atoms with Crippen molar-refractivity contribution in [2.24, 2.45) is 0 Å². The highest BCUT2D eigenvalue weighted by atomic mass is 32.1. The first-order chi connectivity index (χ1) is 7.76. The maximum absolute atomic E-state index is 5.37. The van der Waals surface area contributed by atoms with Crippen molar-refractivity contribution in [3.05, 3.63) is 21.7 Å². The van der Waals surface area contributed by atoms with Crippen LogP contribution in [0, 0.1) is 4.64 Å². The summed E-state index contributed by atoms with van der Waals surface area (Å²) in [5.41, 5.74) is 2.17. The lowest BCUT2D eigenvalue weighted by atomic mass is 10.1. The molecule has 0 aliphatic carbocycles. The number of rotatable bonds is 3. The molecule has 1 atom stereocenters. The number of hydrogen-bond acceptors (Lipinski definition) is 4. The van der Waals surface area contributed by atoms with E-state index in [0.29, 0.717) is 11.2 Å². The lowest BCUT2D eigenvalue weighted by molar-refractivity contribution is 0.0888. The summed E-state index contributed by atoms with van der Waals surface area (Å²) >= 11 is 5.27. The minimum absolute atomic E-state index is 0.00477. The van der Waals surface area contributed by atoms with E-state index in [-0.39, 0.29) is 6.10 Å². The molecule has 1 unspecified atom stereocenters. The van der Waals surface area contributed by atoms with E-state index in [4.69, 9.17) is 21.7 Å². The third-order valence-corrected chi connectivity index (χ3v) is 3.16. The van der Waals surface area contributed by atoms with Gasteiger partial charge in [-0.15, -0.1) is 0 Å². The highest BCUT2D eigenvalue weighted by molar-refractivity contribution is 7.71. The minimum atomic E-state index is -0.00477. The van der Waals surface area contributed by atoms with Gasteiger partial charge in [-0.05, 0) is 6.42 Å². The standard InChI is InChI=1S/C11H16N2O2S/c1-3-9(14-2)10-12-8-4-5-15-6-7(8)11(16)13-10/h9H,3-6H2,1-2H3,(H,12,13,16). The van der Waals surface area contributed by atoms with Gasteiger partial charge in [-0.1, -0.05) is 19.1 Å². The Morgan fingerprint density at radius 3 is 3.12 bits per heavy atom. The molecular weight excluding hydrogens is 224 g/mol. The van der Waals surface area contributed by atoms with Crippen LogP contribution >= 0.6 is 12.2 Å². The van der Waals surface area contributed by atoms with Crippen LogP contribution in [-0.2, 0) is 22.5 Å². The zero-order valence-electron chi connectivity index (χ0n) is 9.58. The summed E-state index contributed by atoms with van der Waals surface area (Å²) < 4.78 is 11.4. The molecule has 1 aromatic heterocycles. The molecule has 0 saturated carbocycles. The van der Waals surface area contributed by atoms with Gasteiger partial charge < -0.3 is 14.5 Å². The Labute approximate surface area is 100 Å². The van der Waals surface area contributed by atoms with Crippen molar-refractivity contribution in [2.75, 3.05) is 13.7 Å². The van der Waals surface area contributed by atoms with Crippen LogP contribution in [0.2, 0.25) is 0 Å². The average molecular weight is 240 g/mol. The predicted molar refractivity (Wildman–Crippen MR) is 62.8 cm³/mol. The van der Waals surface area contributed by atoms with Crippen LogP contribution in [0.15, 0.2) is 0 Å². The van der Waals surface area contributed by atoms with Crippen LogP contribution in [-0.4, -0.2) is 23.7 Å². The number of aromatic amines is 1. The Morgan fingerprint density at radius 1 is 1.62 bits per heavy atom. The van der Waals surface area contributed by atoms with Crippen molar-refractivity contribution in [3.63, 3.8) is 0 Å². The molecule has 5 heteroatoms. The van der Waals surface area contributed by atoms with Gasteiger partial charge in [-0.2, -0.15) is 0 Å².